The zero-order chi connectivity index (χ0) is 39.3. The molecule has 278 valence electrons. The molecular weight excluding hydrogens is 729 g/mol. The van der Waals surface area contributed by atoms with Gasteiger partial charge in [-0.05, 0) is 118 Å². The predicted molar refractivity (Wildman–Crippen MR) is 253 cm³/mol. The number of furan rings is 2. The van der Waals surface area contributed by atoms with Crippen molar-refractivity contribution < 1.29 is 8.83 Å². The molecule has 2 heteroatoms. The molecule has 0 aliphatic heterocycles. The third kappa shape index (κ3) is 4.76. The van der Waals surface area contributed by atoms with Gasteiger partial charge in [-0.15, -0.1) is 0 Å². The van der Waals surface area contributed by atoms with Crippen LogP contribution in [0.15, 0.2) is 215 Å². The third-order valence-corrected chi connectivity index (χ3v) is 12.7. The Labute approximate surface area is 345 Å². The van der Waals surface area contributed by atoms with E-state index in [9.17, 15) is 0 Å². The van der Waals surface area contributed by atoms with Crippen molar-refractivity contribution in [1.29, 1.82) is 0 Å². The van der Waals surface area contributed by atoms with Crippen LogP contribution in [0.2, 0.25) is 0 Å². The zero-order valence-electron chi connectivity index (χ0n) is 32.4. The minimum Gasteiger partial charge on any atom is -0.452 e. The fourth-order valence-corrected chi connectivity index (χ4v) is 10.1. The number of para-hydroxylation sites is 1. The Morgan fingerprint density at radius 3 is 1.43 bits per heavy atom. The molecule has 13 rings (SSSR count). The summed E-state index contributed by atoms with van der Waals surface area (Å²) in [7, 11) is 0. The fraction of sp³-hybridized carbons (Fsp3) is 0. The lowest BCUT2D eigenvalue weighted by atomic mass is 9.83. The first kappa shape index (κ1) is 33.1. The molecule has 11 aromatic carbocycles. The van der Waals surface area contributed by atoms with Crippen LogP contribution in [-0.4, -0.2) is 0 Å². The summed E-state index contributed by atoms with van der Waals surface area (Å²) < 4.78 is 13.3. The second kappa shape index (κ2) is 12.8. The summed E-state index contributed by atoms with van der Waals surface area (Å²) in [6.07, 6.45) is 0. The first-order chi connectivity index (χ1) is 29.8. The maximum Gasteiger partial charge on any atom is 0.178 e. The minimum atomic E-state index is 0.787. The van der Waals surface area contributed by atoms with Gasteiger partial charge in [-0.25, -0.2) is 0 Å². The van der Waals surface area contributed by atoms with E-state index in [2.05, 4.69) is 194 Å². The van der Waals surface area contributed by atoms with Gasteiger partial charge in [0.05, 0.1) is 0 Å². The van der Waals surface area contributed by atoms with Crippen molar-refractivity contribution in [3.63, 3.8) is 0 Å². The second-order valence-corrected chi connectivity index (χ2v) is 15.9. The van der Waals surface area contributed by atoms with E-state index in [0.717, 1.165) is 54.8 Å². The van der Waals surface area contributed by atoms with Gasteiger partial charge in [0.25, 0.3) is 0 Å². The van der Waals surface area contributed by atoms with Gasteiger partial charge in [0.15, 0.2) is 11.2 Å². The van der Waals surface area contributed by atoms with Crippen molar-refractivity contribution in [2.24, 2.45) is 0 Å². The van der Waals surface area contributed by atoms with Crippen LogP contribution in [0.3, 0.4) is 0 Å². The maximum atomic E-state index is 6.85. The molecule has 2 aromatic heterocycles. The van der Waals surface area contributed by atoms with E-state index in [1.807, 2.05) is 12.1 Å². The molecule has 0 bridgehead atoms. The van der Waals surface area contributed by atoms with E-state index >= 15 is 0 Å². The Bertz CT molecular complexity index is 3830. The molecule has 0 amide bonds. The van der Waals surface area contributed by atoms with Gasteiger partial charge in [-0.2, -0.15) is 0 Å². The average Bonchev–Trinajstić information content (AvgIpc) is 3.89. The summed E-state index contributed by atoms with van der Waals surface area (Å²) in [5, 5.41) is 14.0. The van der Waals surface area contributed by atoms with Crippen LogP contribution in [0.1, 0.15) is 0 Å². The number of hydrogen-bond acceptors (Lipinski definition) is 2. The van der Waals surface area contributed by atoms with Gasteiger partial charge < -0.3 is 8.83 Å². The zero-order valence-corrected chi connectivity index (χ0v) is 32.4. The lowest BCUT2D eigenvalue weighted by Crippen LogP contribution is -1.93. The van der Waals surface area contributed by atoms with Crippen molar-refractivity contribution in [2.45, 2.75) is 0 Å². The monoisotopic (exact) mass is 762 g/mol. The molecule has 2 heterocycles. The highest BCUT2D eigenvalue weighted by molar-refractivity contribution is 6.28. The predicted octanol–water partition coefficient (Wildman–Crippen LogP) is 16.8. The van der Waals surface area contributed by atoms with E-state index in [-0.39, 0.29) is 0 Å². The van der Waals surface area contributed by atoms with Crippen molar-refractivity contribution in [2.75, 3.05) is 0 Å². The molecule has 0 aliphatic rings. The third-order valence-electron chi connectivity index (χ3n) is 12.7. The molecule has 2 nitrogen and oxygen atoms in total. The molecule has 0 saturated heterocycles. The van der Waals surface area contributed by atoms with Crippen LogP contribution in [0.5, 0.6) is 0 Å². The normalized spacial score (nSPS) is 12.0. The van der Waals surface area contributed by atoms with E-state index in [4.69, 9.17) is 8.83 Å². The molecule has 0 fully saturated rings. The fourth-order valence-electron chi connectivity index (χ4n) is 10.1. The van der Waals surface area contributed by atoms with Crippen LogP contribution in [0, 0.1) is 0 Å². The van der Waals surface area contributed by atoms with Gasteiger partial charge >= 0.3 is 0 Å². The number of benzene rings is 11. The summed E-state index contributed by atoms with van der Waals surface area (Å²) in [5.41, 5.74) is 13.0. The summed E-state index contributed by atoms with van der Waals surface area (Å²) in [6, 6.07) is 74.7. The molecule has 0 radical (unpaired) electrons. The molecule has 60 heavy (non-hydrogen) atoms. The van der Waals surface area contributed by atoms with Crippen LogP contribution < -0.4 is 0 Å². The number of fused-ring (bicyclic) bond motifs is 12. The molecule has 0 aliphatic carbocycles. The first-order valence-corrected chi connectivity index (χ1v) is 20.6. The van der Waals surface area contributed by atoms with E-state index in [1.165, 1.54) is 76.6 Å². The van der Waals surface area contributed by atoms with Crippen LogP contribution >= 0.6 is 0 Å². The highest BCUT2D eigenvalue weighted by atomic mass is 16.4. The summed E-state index contributed by atoms with van der Waals surface area (Å²) in [5.74, 6) is 0. The highest BCUT2D eigenvalue weighted by Crippen LogP contribution is 2.49. The minimum absolute atomic E-state index is 0.787. The molecule has 0 saturated carbocycles. The Hall–Kier alpha value is -7.94. The Morgan fingerprint density at radius 1 is 0.233 bits per heavy atom. The SMILES string of the molecule is c1ccc(-c2cccc(-c3c4ccccc4c(-c4ccc(-c5cc6oc7c(ccc8c9ccccc9oc87)c6c6ccccc56)c5ccccc45)c4ccccc34)c2)cc1. The number of hydrogen-bond donors (Lipinski definition) is 0. The maximum absolute atomic E-state index is 6.85. The van der Waals surface area contributed by atoms with E-state index in [0.29, 0.717) is 0 Å². The second-order valence-electron chi connectivity index (χ2n) is 15.9. The van der Waals surface area contributed by atoms with Gasteiger partial charge in [0.2, 0.25) is 0 Å². The molecular formula is C58H34O2. The molecule has 0 unspecified atom stereocenters. The largest absolute Gasteiger partial charge is 0.452 e. The van der Waals surface area contributed by atoms with Crippen LogP contribution in [0.25, 0.3) is 131 Å². The average molecular weight is 763 g/mol. The van der Waals surface area contributed by atoms with Crippen molar-refractivity contribution in [1.82, 2.24) is 0 Å². The first-order valence-electron chi connectivity index (χ1n) is 20.6. The van der Waals surface area contributed by atoms with Gasteiger partial charge in [-0.3, -0.25) is 0 Å². The van der Waals surface area contributed by atoms with E-state index < -0.39 is 0 Å². The Balaban J connectivity index is 1.05. The van der Waals surface area contributed by atoms with Crippen LogP contribution in [0.4, 0.5) is 0 Å². The van der Waals surface area contributed by atoms with Gasteiger partial charge in [-0.1, -0.05) is 176 Å². The lowest BCUT2D eigenvalue weighted by Gasteiger charge is -2.20. The topological polar surface area (TPSA) is 26.3 Å². The molecule has 0 spiro atoms. The van der Waals surface area contributed by atoms with E-state index in [1.54, 1.807) is 0 Å². The lowest BCUT2D eigenvalue weighted by molar-refractivity contribution is 0.633. The van der Waals surface area contributed by atoms with Crippen molar-refractivity contribution in [3.05, 3.63) is 206 Å². The quantitative estimate of drug-likeness (QED) is 0.167. The number of rotatable bonds is 4. The Kier molecular flexibility index (Phi) is 7.05. The van der Waals surface area contributed by atoms with Gasteiger partial charge in [0.1, 0.15) is 11.2 Å². The summed E-state index contributed by atoms with van der Waals surface area (Å²) >= 11 is 0. The summed E-state index contributed by atoms with van der Waals surface area (Å²) in [6.45, 7) is 0. The van der Waals surface area contributed by atoms with Crippen LogP contribution in [-0.2, 0) is 0 Å². The molecule has 0 N–H and O–H groups in total. The highest BCUT2D eigenvalue weighted by Gasteiger charge is 2.22. The van der Waals surface area contributed by atoms with Crippen molar-refractivity contribution >= 4 is 87.0 Å². The Morgan fingerprint density at radius 2 is 0.717 bits per heavy atom. The molecule has 0 atom stereocenters. The van der Waals surface area contributed by atoms with Crippen molar-refractivity contribution in [3.8, 4) is 44.5 Å². The molecule has 13 aromatic rings. The summed E-state index contributed by atoms with van der Waals surface area (Å²) in [4.78, 5) is 0. The standard InChI is InChI=1S/C58H34O2/c1-2-15-35(16-3-1)36-17-14-18-37(33-36)54-44-24-8-10-26-46(44)55(47-27-11-9-25-45(47)54)48-30-29-41(38-19-4-5-20-39(38)48)51-34-53-56(43-23-7-6-21-40(43)51)50-32-31-49-42-22-12-13-28-52(42)59-57(49)58(50)60-53/h1-34H. The van der Waals surface area contributed by atoms with Gasteiger partial charge in [0, 0.05) is 21.5 Å². The smallest absolute Gasteiger partial charge is 0.178 e.